The van der Waals surface area contributed by atoms with Crippen molar-refractivity contribution >= 4 is 0 Å². The van der Waals surface area contributed by atoms with Gasteiger partial charge in [-0.3, -0.25) is 0 Å². The van der Waals surface area contributed by atoms with E-state index in [2.05, 4.69) is 22.4 Å². The molecule has 0 aliphatic rings. The molecule has 10 heavy (non-hydrogen) atoms. The van der Waals surface area contributed by atoms with Crippen molar-refractivity contribution in [3.8, 4) is 0 Å². The molecule has 1 N–H and O–H groups in total. The molecular formula is C6H13N4+. The van der Waals surface area contributed by atoms with Crippen molar-refractivity contribution in [2.45, 2.75) is 32.7 Å². The summed E-state index contributed by atoms with van der Waals surface area (Å²) in [5.41, 5.74) is 0. The Kier molecular flexibility index (Phi) is 2.86. The Hall–Kier alpha value is -0.930. The summed E-state index contributed by atoms with van der Waals surface area (Å²) in [4.78, 5) is 0. The van der Waals surface area contributed by atoms with Crippen molar-refractivity contribution < 1.29 is 4.68 Å². The van der Waals surface area contributed by atoms with Crippen LogP contribution in [0.4, 0.5) is 0 Å². The number of nitrogens with one attached hydrogen (secondary N) is 1. The Morgan fingerprint density at radius 3 is 3.00 bits per heavy atom. The van der Waals surface area contributed by atoms with Crippen molar-refractivity contribution in [2.75, 3.05) is 0 Å². The molecule has 1 aromatic rings. The largest absolute Gasteiger partial charge is 0.288 e. The van der Waals surface area contributed by atoms with Crippen LogP contribution in [-0.2, 0) is 6.54 Å². The lowest BCUT2D eigenvalue weighted by Crippen LogP contribution is -2.34. The van der Waals surface area contributed by atoms with Gasteiger partial charge in [-0.1, -0.05) is 25.0 Å². The van der Waals surface area contributed by atoms with Crippen LogP contribution in [0, 0.1) is 0 Å². The van der Waals surface area contributed by atoms with Gasteiger partial charge in [0.15, 0.2) is 5.21 Å². The SMILES string of the molecule is CCCCC[n+]1cnn[nH]1. The summed E-state index contributed by atoms with van der Waals surface area (Å²) in [6.07, 6.45) is 5.43. The molecule has 4 nitrogen and oxygen atoms in total. The van der Waals surface area contributed by atoms with E-state index in [0.29, 0.717) is 0 Å². The number of unbranched alkanes of at least 4 members (excludes halogenated alkanes) is 2. The van der Waals surface area contributed by atoms with Gasteiger partial charge in [-0.05, 0) is 6.42 Å². The fourth-order valence-electron chi connectivity index (χ4n) is 0.837. The lowest BCUT2D eigenvalue weighted by molar-refractivity contribution is -0.754. The van der Waals surface area contributed by atoms with Gasteiger partial charge in [-0.2, -0.15) is 4.68 Å². The highest BCUT2D eigenvalue weighted by Crippen LogP contribution is 1.91. The zero-order valence-corrected chi connectivity index (χ0v) is 6.25. The molecule has 0 saturated carbocycles. The predicted molar refractivity (Wildman–Crippen MR) is 36.1 cm³/mol. The molecule has 56 valence electrons. The third kappa shape index (κ3) is 2.13. The number of rotatable bonds is 4. The van der Waals surface area contributed by atoms with Gasteiger partial charge in [0.2, 0.25) is 0 Å². The highest BCUT2D eigenvalue weighted by Gasteiger charge is 1.96. The summed E-state index contributed by atoms with van der Waals surface area (Å²) in [5, 5.41) is 10.00. The molecule has 1 rings (SSSR count). The minimum absolute atomic E-state index is 1.00. The number of aromatic nitrogens is 4. The maximum atomic E-state index is 3.66. The highest BCUT2D eigenvalue weighted by atomic mass is 15.5. The number of aromatic amines is 1. The molecule has 0 amide bonds. The molecule has 0 fully saturated rings. The van der Waals surface area contributed by atoms with Gasteiger partial charge in [0.1, 0.15) is 5.10 Å². The molecule has 0 unspecified atom stereocenters. The Balaban J connectivity index is 2.15. The van der Waals surface area contributed by atoms with Crippen molar-refractivity contribution in [1.29, 1.82) is 0 Å². The zero-order valence-electron chi connectivity index (χ0n) is 6.25. The first-order valence-corrected chi connectivity index (χ1v) is 3.69. The third-order valence-corrected chi connectivity index (χ3v) is 1.42. The van der Waals surface area contributed by atoms with E-state index in [1.54, 1.807) is 6.33 Å². The molecule has 0 spiro atoms. The summed E-state index contributed by atoms with van der Waals surface area (Å²) in [6.45, 7) is 3.19. The molecule has 0 atom stereocenters. The Bertz CT molecular complexity index is 158. The standard InChI is InChI=1S/C6H12N4/c1-2-3-4-5-10-6-7-8-9-10/h6H,2-5H2,1H3/p+1. The zero-order chi connectivity index (χ0) is 7.23. The molecule has 0 saturated heterocycles. The number of hydrogen-bond acceptors (Lipinski definition) is 2. The van der Waals surface area contributed by atoms with E-state index in [9.17, 15) is 0 Å². The van der Waals surface area contributed by atoms with Crippen LogP contribution >= 0.6 is 0 Å². The van der Waals surface area contributed by atoms with Crippen molar-refractivity contribution in [3.63, 3.8) is 0 Å². The van der Waals surface area contributed by atoms with E-state index in [4.69, 9.17) is 0 Å². The van der Waals surface area contributed by atoms with E-state index >= 15 is 0 Å². The Morgan fingerprint density at radius 2 is 2.40 bits per heavy atom. The summed E-state index contributed by atoms with van der Waals surface area (Å²) >= 11 is 0. The predicted octanol–water partition coefficient (Wildman–Crippen LogP) is 0.282. The normalized spacial score (nSPS) is 10.1. The summed E-state index contributed by atoms with van der Waals surface area (Å²) in [5.74, 6) is 0. The van der Waals surface area contributed by atoms with Gasteiger partial charge in [-0.15, -0.1) is 0 Å². The minimum atomic E-state index is 1.00. The highest BCUT2D eigenvalue weighted by molar-refractivity contribution is 4.28. The fraction of sp³-hybridized carbons (Fsp3) is 0.833. The first-order chi connectivity index (χ1) is 4.93. The van der Waals surface area contributed by atoms with Gasteiger partial charge < -0.3 is 0 Å². The van der Waals surface area contributed by atoms with Crippen LogP contribution in [0.1, 0.15) is 26.2 Å². The van der Waals surface area contributed by atoms with Crippen LogP contribution in [0.15, 0.2) is 6.33 Å². The van der Waals surface area contributed by atoms with Gasteiger partial charge in [0.25, 0.3) is 6.33 Å². The van der Waals surface area contributed by atoms with Crippen LogP contribution in [0.25, 0.3) is 0 Å². The summed E-state index contributed by atoms with van der Waals surface area (Å²) in [7, 11) is 0. The molecule has 0 radical (unpaired) electrons. The van der Waals surface area contributed by atoms with Gasteiger partial charge in [0.05, 0.1) is 6.54 Å². The van der Waals surface area contributed by atoms with E-state index < -0.39 is 0 Å². The number of nitrogens with zero attached hydrogens (tertiary/aromatic N) is 3. The average Bonchev–Trinajstić information content (AvgIpc) is 2.41. The Labute approximate surface area is 60.2 Å². The molecule has 0 aliphatic carbocycles. The van der Waals surface area contributed by atoms with E-state index in [0.717, 1.165) is 6.54 Å². The topological polar surface area (TPSA) is 45.5 Å². The molecule has 0 aromatic carbocycles. The first-order valence-electron chi connectivity index (χ1n) is 3.69. The van der Waals surface area contributed by atoms with Gasteiger partial charge in [-0.25, -0.2) is 0 Å². The van der Waals surface area contributed by atoms with Crippen molar-refractivity contribution in [3.05, 3.63) is 6.33 Å². The van der Waals surface area contributed by atoms with Gasteiger partial charge in [0, 0.05) is 0 Å². The van der Waals surface area contributed by atoms with Crippen molar-refractivity contribution in [2.24, 2.45) is 0 Å². The smallest absolute Gasteiger partial charge is 0.165 e. The molecule has 0 bridgehead atoms. The number of aryl methyl sites for hydroxylation is 1. The van der Waals surface area contributed by atoms with Crippen LogP contribution in [0.5, 0.6) is 0 Å². The maximum Gasteiger partial charge on any atom is 0.288 e. The Morgan fingerprint density at radius 1 is 1.50 bits per heavy atom. The molecule has 0 aliphatic heterocycles. The van der Waals surface area contributed by atoms with Crippen LogP contribution in [0.3, 0.4) is 0 Å². The number of hydrogen-bond donors (Lipinski definition) is 1. The minimum Gasteiger partial charge on any atom is -0.165 e. The third-order valence-electron chi connectivity index (χ3n) is 1.42. The van der Waals surface area contributed by atoms with Gasteiger partial charge >= 0.3 is 0 Å². The van der Waals surface area contributed by atoms with Crippen LogP contribution < -0.4 is 4.68 Å². The lowest BCUT2D eigenvalue weighted by atomic mass is 10.2. The van der Waals surface area contributed by atoms with E-state index in [1.807, 2.05) is 4.68 Å². The van der Waals surface area contributed by atoms with Crippen molar-refractivity contribution in [1.82, 2.24) is 15.5 Å². The first kappa shape index (κ1) is 7.18. The number of tetrazole rings is 1. The maximum absolute atomic E-state index is 3.66. The van der Waals surface area contributed by atoms with Crippen LogP contribution in [0.2, 0.25) is 0 Å². The molecule has 1 heterocycles. The molecule has 1 aromatic heterocycles. The van der Waals surface area contributed by atoms with Crippen LogP contribution in [-0.4, -0.2) is 15.5 Å². The second-order valence-electron chi connectivity index (χ2n) is 2.33. The van der Waals surface area contributed by atoms with E-state index in [1.165, 1.54) is 19.3 Å². The summed E-state index contributed by atoms with van der Waals surface area (Å²) in [6, 6.07) is 0. The molecular weight excluding hydrogens is 128 g/mol. The van der Waals surface area contributed by atoms with E-state index in [-0.39, 0.29) is 0 Å². The second kappa shape index (κ2) is 3.98. The lowest BCUT2D eigenvalue weighted by Gasteiger charge is -1.92. The monoisotopic (exact) mass is 141 g/mol. The number of H-pyrrole nitrogens is 1. The average molecular weight is 141 g/mol. The second-order valence-corrected chi connectivity index (χ2v) is 2.33. The summed E-state index contributed by atoms with van der Waals surface area (Å²) < 4.78 is 1.88. The fourth-order valence-corrected chi connectivity index (χ4v) is 0.837. The quantitative estimate of drug-likeness (QED) is 0.483. The molecule has 4 heteroatoms.